The molecule has 3 rings (SSSR count). The van der Waals surface area contributed by atoms with Gasteiger partial charge in [0.2, 0.25) is 5.90 Å². The zero-order chi connectivity index (χ0) is 18.5. The van der Waals surface area contributed by atoms with Crippen LogP contribution in [0.5, 0.6) is 0 Å². The first-order chi connectivity index (χ1) is 12.5. The molecule has 2 aromatic carbocycles. The Labute approximate surface area is 151 Å². The second-order valence-electron chi connectivity index (χ2n) is 5.87. The smallest absolute Gasteiger partial charge is 0.339 e. The van der Waals surface area contributed by atoms with Crippen molar-refractivity contribution in [1.29, 1.82) is 0 Å². The number of carbonyl (C=O) groups excluding carboxylic acids is 1. The molecule has 1 heterocycles. The predicted octanol–water partition coefficient (Wildman–Crippen LogP) is 2.71. The number of carbonyl (C=O) groups is 1. The van der Waals surface area contributed by atoms with Crippen LogP contribution in [0.2, 0.25) is 0 Å². The average molecular weight is 349 g/mol. The van der Waals surface area contributed by atoms with E-state index in [0.717, 1.165) is 16.7 Å². The number of amides is 2. The Morgan fingerprint density at radius 1 is 1.31 bits per heavy atom. The van der Waals surface area contributed by atoms with Crippen molar-refractivity contribution < 1.29 is 14.7 Å². The lowest BCUT2D eigenvalue weighted by Gasteiger charge is -2.14. The van der Waals surface area contributed by atoms with Gasteiger partial charge in [-0.05, 0) is 30.7 Å². The van der Waals surface area contributed by atoms with Crippen LogP contribution >= 0.6 is 0 Å². The molecule has 0 radical (unpaired) electrons. The highest BCUT2D eigenvalue weighted by Crippen LogP contribution is 2.25. The number of hydrogen-bond donors (Lipinski definition) is 2. The Bertz CT molecular complexity index is 884. The molecule has 2 aromatic rings. The average Bonchev–Trinajstić information content (AvgIpc) is 3.16. The molecule has 6 nitrogen and oxygen atoms in total. The minimum atomic E-state index is -0.943. The van der Waals surface area contributed by atoms with Crippen molar-refractivity contribution in [2.45, 2.75) is 19.1 Å². The van der Waals surface area contributed by atoms with E-state index in [1.54, 1.807) is 6.92 Å². The molecular formula is C20H19N3O3. The van der Waals surface area contributed by atoms with Crippen molar-refractivity contribution in [3.05, 3.63) is 71.3 Å². The summed E-state index contributed by atoms with van der Waals surface area (Å²) in [5.74, 6) is 6.27. The van der Waals surface area contributed by atoms with Crippen molar-refractivity contribution in [3.8, 4) is 11.8 Å². The molecule has 2 unspecified atom stereocenters. The number of ether oxygens (including phenoxy) is 1. The number of benzene rings is 2. The number of hydroxylamine groups is 2. The van der Waals surface area contributed by atoms with Crippen LogP contribution in [0.4, 0.5) is 4.79 Å². The van der Waals surface area contributed by atoms with E-state index in [9.17, 15) is 10.0 Å². The van der Waals surface area contributed by atoms with Crippen molar-refractivity contribution in [2.75, 3.05) is 6.54 Å². The minimum absolute atomic E-state index is 0.0838. The highest BCUT2D eigenvalue weighted by atomic mass is 16.5. The Balaban J connectivity index is 1.72. The number of primary amides is 1. The molecule has 3 N–H and O–H groups in total. The molecule has 2 amide bonds. The molecule has 132 valence electrons. The topological polar surface area (TPSA) is 88.2 Å². The van der Waals surface area contributed by atoms with E-state index in [0.29, 0.717) is 17.5 Å². The number of urea groups is 1. The maximum absolute atomic E-state index is 10.9. The molecule has 0 bridgehead atoms. The van der Waals surface area contributed by atoms with Crippen LogP contribution < -0.4 is 5.73 Å². The van der Waals surface area contributed by atoms with Gasteiger partial charge >= 0.3 is 6.03 Å². The molecule has 0 fully saturated rings. The molecular weight excluding hydrogens is 330 g/mol. The van der Waals surface area contributed by atoms with Crippen LogP contribution in [0.25, 0.3) is 0 Å². The van der Waals surface area contributed by atoms with Gasteiger partial charge in [0.05, 0.1) is 6.54 Å². The molecule has 0 saturated carbocycles. The Morgan fingerprint density at radius 2 is 2.08 bits per heavy atom. The number of hydrogen-bond acceptors (Lipinski definition) is 4. The first kappa shape index (κ1) is 17.5. The van der Waals surface area contributed by atoms with Crippen LogP contribution in [0.15, 0.2) is 59.6 Å². The van der Waals surface area contributed by atoms with E-state index in [1.165, 1.54) is 0 Å². The Morgan fingerprint density at radius 3 is 2.81 bits per heavy atom. The van der Waals surface area contributed by atoms with Crippen LogP contribution in [0, 0.1) is 11.8 Å². The molecule has 0 saturated heterocycles. The quantitative estimate of drug-likeness (QED) is 0.507. The summed E-state index contributed by atoms with van der Waals surface area (Å²) in [4.78, 5) is 15.4. The summed E-state index contributed by atoms with van der Waals surface area (Å²) < 4.78 is 5.98. The first-order valence-corrected chi connectivity index (χ1v) is 8.20. The number of nitrogens with zero attached hydrogens (tertiary/aromatic N) is 2. The van der Waals surface area contributed by atoms with Gasteiger partial charge in [0.25, 0.3) is 0 Å². The number of nitrogens with two attached hydrogens (primary N) is 1. The van der Waals surface area contributed by atoms with E-state index in [2.05, 4.69) is 16.8 Å². The monoisotopic (exact) mass is 349 g/mol. The molecule has 2 atom stereocenters. The molecule has 1 aliphatic rings. The molecule has 0 aromatic heterocycles. The third-order valence-corrected chi connectivity index (χ3v) is 3.95. The van der Waals surface area contributed by atoms with Gasteiger partial charge in [-0.1, -0.05) is 48.2 Å². The summed E-state index contributed by atoms with van der Waals surface area (Å²) >= 11 is 0. The molecule has 0 spiro atoms. The summed E-state index contributed by atoms with van der Waals surface area (Å²) in [5.41, 5.74) is 7.65. The minimum Gasteiger partial charge on any atom is -0.467 e. The lowest BCUT2D eigenvalue weighted by Crippen LogP contribution is -2.38. The zero-order valence-corrected chi connectivity index (χ0v) is 14.3. The van der Waals surface area contributed by atoms with E-state index in [1.807, 2.05) is 54.6 Å². The van der Waals surface area contributed by atoms with Crippen molar-refractivity contribution in [3.63, 3.8) is 0 Å². The fourth-order valence-electron chi connectivity index (χ4n) is 2.55. The van der Waals surface area contributed by atoms with Crippen LogP contribution in [-0.2, 0) is 4.74 Å². The summed E-state index contributed by atoms with van der Waals surface area (Å²) in [7, 11) is 0. The highest BCUT2D eigenvalue weighted by molar-refractivity contribution is 5.95. The third-order valence-electron chi connectivity index (χ3n) is 3.95. The summed E-state index contributed by atoms with van der Waals surface area (Å²) in [6, 6.07) is 15.8. The van der Waals surface area contributed by atoms with E-state index < -0.39 is 12.1 Å². The van der Waals surface area contributed by atoms with Crippen molar-refractivity contribution in [2.24, 2.45) is 10.7 Å². The lowest BCUT2D eigenvalue weighted by atomic mass is 10.1. The standard InChI is InChI=1S/C20H19N3O3/c1-14(23(25)20(21)24)10-11-15-6-5-9-17(12-15)19-22-13-18(26-19)16-7-3-2-4-8-16/h2-9,12,14,18,25H,13H2,1H3,(H2,21,24). The second kappa shape index (κ2) is 7.72. The van der Waals surface area contributed by atoms with Crippen LogP contribution in [0.3, 0.4) is 0 Å². The van der Waals surface area contributed by atoms with Crippen LogP contribution in [-0.4, -0.2) is 34.8 Å². The maximum atomic E-state index is 10.9. The van der Waals surface area contributed by atoms with Gasteiger partial charge < -0.3 is 10.5 Å². The fourth-order valence-corrected chi connectivity index (χ4v) is 2.55. The van der Waals surface area contributed by atoms with E-state index >= 15 is 0 Å². The van der Waals surface area contributed by atoms with Gasteiger partial charge in [-0.3, -0.25) is 5.21 Å². The summed E-state index contributed by atoms with van der Waals surface area (Å²) in [6.07, 6.45) is -0.0838. The molecule has 1 aliphatic heterocycles. The normalized spacial score (nSPS) is 16.7. The van der Waals surface area contributed by atoms with Gasteiger partial charge in [0.1, 0.15) is 12.1 Å². The maximum Gasteiger partial charge on any atom is 0.339 e. The molecule has 26 heavy (non-hydrogen) atoms. The summed E-state index contributed by atoms with van der Waals surface area (Å²) in [6.45, 7) is 2.15. The third kappa shape index (κ3) is 4.02. The lowest BCUT2D eigenvalue weighted by molar-refractivity contribution is -0.0536. The van der Waals surface area contributed by atoms with Gasteiger partial charge in [-0.15, -0.1) is 0 Å². The summed E-state index contributed by atoms with van der Waals surface area (Å²) in [5, 5.41) is 9.85. The van der Waals surface area contributed by atoms with Crippen molar-refractivity contribution >= 4 is 11.9 Å². The SMILES string of the molecule is CC(C#Cc1cccc(C2=NCC(c3ccccc3)O2)c1)N(O)C(N)=O. The van der Waals surface area contributed by atoms with Gasteiger partial charge in [-0.25, -0.2) is 9.79 Å². The van der Waals surface area contributed by atoms with Crippen molar-refractivity contribution in [1.82, 2.24) is 5.06 Å². The fraction of sp³-hybridized carbons (Fsp3) is 0.200. The van der Waals surface area contributed by atoms with Gasteiger partial charge in [-0.2, -0.15) is 5.06 Å². The second-order valence-corrected chi connectivity index (χ2v) is 5.87. The molecule has 0 aliphatic carbocycles. The molecule has 6 heteroatoms. The van der Waals surface area contributed by atoms with E-state index in [-0.39, 0.29) is 6.10 Å². The highest BCUT2D eigenvalue weighted by Gasteiger charge is 2.22. The first-order valence-electron chi connectivity index (χ1n) is 8.20. The largest absolute Gasteiger partial charge is 0.467 e. The zero-order valence-electron chi connectivity index (χ0n) is 14.3. The van der Waals surface area contributed by atoms with Crippen LogP contribution in [0.1, 0.15) is 29.7 Å². The Hall–Kier alpha value is -3.30. The number of aliphatic imine (C=N–C) groups is 1. The van der Waals surface area contributed by atoms with Gasteiger partial charge in [0.15, 0.2) is 0 Å². The van der Waals surface area contributed by atoms with E-state index in [4.69, 9.17) is 10.5 Å². The van der Waals surface area contributed by atoms with Gasteiger partial charge in [0, 0.05) is 11.1 Å². The Kier molecular flexibility index (Phi) is 5.20. The predicted molar refractivity (Wildman–Crippen MR) is 97.7 cm³/mol. The number of rotatable bonds is 3.